The van der Waals surface area contributed by atoms with Crippen LogP contribution in [0.25, 0.3) is 0 Å². The van der Waals surface area contributed by atoms with Gasteiger partial charge in [-0.2, -0.15) is 13.2 Å². The Kier molecular flexibility index (Phi) is 3.27. The number of halogens is 3. The van der Waals surface area contributed by atoms with Gasteiger partial charge in [-0.3, -0.25) is 0 Å². The summed E-state index contributed by atoms with van der Waals surface area (Å²) in [5.74, 6) is 0.287. The topological polar surface area (TPSA) is 35.2 Å². The van der Waals surface area contributed by atoms with Crippen molar-refractivity contribution < 1.29 is 17.9 Å². The molecule has 0 saturated heterocycles. The zero-order valence-electron chi connectivity index (χ0n) is 10.2. The van der Waals surface area contributed by atoms with Crippen LogP contribution in [0, 0.1) is 0 Å². The summed E-state index contributed by atoms with van der Waals surface area (Å²) in [6.45, 7) is 0.219. The van der Waals surface area contributed by atoms with Gasteiger partial charge in [0.1, 0.15) is 5.75 Å². The van der Waals surface area contributed by atoms with Crippen LogP contribution >= 0.6 is 0 Å². The Morgan fingerprint density at radius 1 is 1.33 bits per heavy atom. The molecule has 5 heteroatoms. The minimum Gasteiger partial charge on any atom is -0.496 e. The van der Waals surface area contributed by atoms with Crippen LogP contribution in [0.2, 0.25) is 0 Å². The molecule has 0 aliphatic heterocycles. The third-order valence-corrected chi connectivity index (χ3v) is 3.78. The summed E-state index contributed by atoms with van der Waals surface area (Å²) in [5.41, 5.74) is 4.75. The lowest BCUT2D eigenvalue weighted by atomic mass is 9.63. The Morgan fingerprint density at radius 2 is 2.00 bits per heavy atom. The molecule has 1 aromatic carbocycles. The van der Waals surface area contributed by atoms with Crippen LogP contribution in [0.1, 0.15) is 30.4 Å². The summed E-state index contributed by atoms with van der Waals surface area (Å²) < 4.78 is 44.4. The van der Waals surface area contributed by atoms with Crippen LogP contribution in [-0.4, -0.2) is 13.7 Å². The first-order valence-corrected chi connectivity index (χ1v) is 5.89. The van der Waals surface area contributed by atoms with Crippen LogP contribution in [-0.2, 0) is 11.6 Å². The largest absolute Gasteiger partial charge is 0.496 e. The lowest BCUT2D eigenvalue weighted by Gasteiger charge is -2.43. The van der Waals surface area contributed by atoms with E-state index in [2.05, 4.69) is 0 Å². The number of methoxy groups -OCH3 is 1. The fourth-order valence-electron chi connectivity index (χ4n) is 2.64. The summed E-state index contributed by atoms with van der Waals surface area (Å²) in [4.78, 5) is 0. The Balaban J connectivity index is 2.62. The normalized spacial score (nSPS) is 18.3. The highest BCUT2D eigenvalue weighted by molar-refractivity contribution is 5.48. The molecule has 0 bridgehead atoms. The fraction of sp³-hybridized carbons (Fsp3) is 0.538. The van der Waals surface area contributed by atoms with E-state index in [0.717, 1.165) is 12.5 Å². The van der Waals surface area contributed by atoms with Crippen LogP contribution in [0.5, 0.6) is 5.75 Å². The van der Waals surface area contributed by atoms with E-state index in [9.17, 15) is 13.2 Å². The smallest absolute Gasteiger partial charge is 0.416 e. The average molecular weight is 259 g/mol. The van der Waals surface area contributed by atoms with Gasteiger partial charge in [0.2, 0.25) is 0 Å². The maximum Gasteiger partial charge on any atom is 0.416 e. The highest BCUT2D eigenvalue weighted by Gasteiger charge is 2.46. The highest BCUT2D eigenvalue weighted by atomic mass is 19.4. The second-order valence-corrected chi connectivity index (χ2v) is 4.72. The van der Waals surface area contributed by atoms with Gasteiger partial charge in [0.25, 0.3) is 0 Å². The summed E-state index contributed by atoms with van der Waals surface area (Å²) in [6.07, 6.45) is -2.09. The van der Waals surface area contributed by atoms with E-state index in [-0.39, 0.29) is 17.9 Å². The molecule has 0 spiro atoms. The molecular formula is C13H16F3NO. The summed E-state index contributed by atoms with van der Waals surface area (Å²) >= 11 is 0. The summed E-state index contributed by atoms with van der Waals surface area (Å²) in [7, 11) is 1.39. The minimum absolute atomic E-state index is 0.219. The molecule has 0 aromatic heterocycles. The number of hydrogen-bond donors (Lipinski definition) is 1. The third-order valence-electron chi connectivity index (χ3n) is 3.78. The highest BCUT2D eigenvalue weighted by Crippen LogP contribution is 2.50. The summed E-state index contributed by atoms with van der Waals surface area (Å²) in [6, 6.07) is 4.04. The minimum atomic E-state index is -4.37. The van der Waals surface area contributed by atoms with Gasteiger partial charge in [-0.15, -0.1) is 0 Å². The van der Waals surface area contributed by atoms with Gasteiger partial charge in [-0.25, -0.2) is 0 Å². The predicted octanol–water partition coefficient (Wildman–Crippen LogP) is 3.09. The van der Waals surface area contributed by atoms with E-state index in [0.29, 0.717) is 12.8 Å². The summed E-state index contributed by atoms with van der Waals surface area (Å²) in [5, 5.41) is 0. The first-order chi connectivity index (χ1) is 8.44. The number of ether oxygens (including phenoxy) is 1. The van der Waals surface area contributed by atoms with Crippen LogP contribution < -0.4 is 10.5 Å². The van der Waals surface area contributed by atoms with E-state index < -0.39 is 17.2 Å². The Hall–Kier alpha value is -1.23. The molecule has 0 radical (unpaired) electrons. The van der Waals surface area contributed by atoms with Crippen LogP contribution in [0.4, 0.5) is 13.2 Å². The van der Waals surface area contributed by atoms with Crippen molar-refractivity contribution in [1.29, 1.82) is 0 Å². The van der Waals surface area contributed by atoms with E-state index in [1.807, 2.05) is 0 Å². The molecule has 0 amide bonds. The molecule has 2 rings (SSSR count). The molecule has 2 nitrogen and oxygen atoms in total. The first kappa shape index (κ1) is 13.2. The van der Waals surface area contributed by atoms with E-state index in [1.54, 1.807) is 6.07 Å². The van der Waals surface area contributed by atoms with Crippen molar-refractivity contribution in [1.82, 2.24) is 0 Å². The van der Waals surface area contributed by atoms with Crippen molar-refractivity contribution in [2.24, 2.45) is 5.73 Å². The van der Waals surface area contributed by atoms with E-state index >= 15 is 0 Å². The van der Waals surface area contributed by atoms with Crippen molar-refractivity contribution in [2.45, 2.75) is 30.9 Å². The van der Waals surface area contributed by atoms with Crippen LogP contribution in [0.15, 0.2) is 18.2 Å². The number of benzene rings is 1. The molecule has 100 valence electrons. The Morgan fingerprint density at radius 3 is 2.39 bits per heavy atom. The number of alkyl halides is 3. The molecule has 0 atom stereocenters. The van der Waals surface area contributed by atoms with Gasteiger partial charge in [0.15, 0.2) is 0 Å². The second-order valence-electron chi connectivity index (χ2n) is 4.72. The molecule has 1 aliphatic carbocycles. The zero-order chi connectivity index (χ0) is 13.4. The molecule has 1 aromatic rings. The number of nitrogens with two attached hydrogens (primary N) is 1. The maximum atomic E-state index is 13.1. The molecule has 1 saturated carbocycles. The van der Waals surface area contributed by atoms with Gasteiger partial charge in [-0.1, -0.05) is 12.5 Å². The third kappa shape index (κ3) is 1.96. The monoisotopic (exact) mass is 259 g/mol. The molecule has 0 unspecified atom stereocenters. The number of rotatable bonds is 3. The maximum absolute atomic E-state index is 13.1. The van der Waals surface area contributed by atoms with Crippen molar-refractivity contribution in [3.05, 3.63) is 29.3 Å². The molecular weight excluding hydrogens is 243 g/mol. The van der Waals surface area contributed by atoms with E-state index in [4.69, 9.17) is 10.5 Å². The molecule has 18 heavy (non-hydrogen) atoms. The van der Waals surface area contributed by atoms with Gasteiger partial charge in [0, 0.05) is 17.5 Å². The van der Waals surface area contributed by atoms with Crippen molar-refractivity contribution in [3.63, 3.8) is 0 Å². The molecule has 1 aliphatic rings. The van der Waals surface area contributed by atoms with Gasteiger partial charge >= 0.3 is 6.18 Å². The standard InChI is InChI=1S/C13H16F3NO/c1-18-10-5-2-4-9(13(14,15)16)11(10)12(8-17)6-3-7-12/h2,4-5H,3,6-8,17H2,1H3. The molecule has 2 N–H and O–H groups in total. The van der Waals surface area contributed by atoms with Gasteiger partial charge in [-0.05, 0) is 25.0 Å². The lowest BCUT2D eigenvalue weighted by molar-refractivity contribution is -0.139. The molecule has 0 heterocycles. The zero-order valence-corrected chi connectivity index (χ0v) is 10.2. The Bertz CT molecular complexity index is 433. The fourth-order valence-corrected chi connectivity index (χ4v) is 2.64. The van der Waals surface area contributed by atoms with Gasteiger partial charge < -0.3 is 10.5 Å². The second kappa shape index (κ2) is 4.46. The number of hydrogen-bond acceptors (Lipinski definition) is 2. The average Bonchev–Trinajstić information content (AvgIpc) is 2.27. The van der Waals surface area contributed by atoms with E-state index in [1.165, 1.54) is 13.2 Å². The van der Waals surface area contributed by atoms with Crippen molar-refractivity contribution in [3.8, 4) is 5.75 Å². The first-order valence-electron chi connectivity index (χ1n) is 5.89. The predicted molar refractivity (Wildman–Crippen MR) is 62.6 cm³/mol. The van der Waals surface area contributed by atoms with Crippen LogP contribution in [0.3, 0.4) is 0 Å². The SMILES string of the molecule is COc1cccc(C(F)(F)F)c1C1(CN)CCC1. The van der Waals surface area contributed by atoms with Gasteiger partial charge in [0.05, 0.1) is 12.7 Å². The molecule has 1 fully saturated rings. The quantitative estimate of drug-likeness (QED) is 0.905. The van der Waals surface area contributed by atoms with Crippen molar-refractivity contribution >= 4 is 0 Å². The Labute approximate surface area is 104 Å². The lowest BCUT2D eigenvalue weighted by Crippen LogP contribution is -2.43. The van der Waals surface area contributed by atoms with Crippen molar-refractivity contribution in [2.75, 3.05) is 13.7 Å².